The molecule has 2 bridgehead atoms. The highest BCUT2D eigenvalue weighted by molar-refractivity contribution is 6.47. The number of unbranched alkanes of at least 4 members (excludes halogenated alkanes) is 1. The zero-order valence-electron chi connectivity index (χ0n) is 20.4. The second-order valence-corrected chi connectivity index (χ2v) is 10.9. The van der Waals surface area contributed by atoms with Crippen LogP contribution in [-0.4, -0.2) is 52.0 Å². The van der Waals surface area contributed by atoms with Crippen molar-refractivity contribution in [2.24, 2.45) is 23.0 Å². The Balaban J connectivity index is 1.25. The SMILES string of the molecule is CC1(C)C2CC3OB(C(CCCCN)NC(=O)Cn4cnc(-c5ccccc5)n4)OC3(C)C1C2. The molecule has 0 radical (unpaired) electrons. The van der Waals surface area contributed by atoms with Gasteiger partial charge in [-0.05, 0) is 56.4 Å². The first-order chi connectivity index (χ1) is 16.3. The summed E-state index contributed by atoms with van der Waals surface area (Å²) in [7, 11) is -0.442. The van der Waals surface area contributed by atoms with Gasteiger partial charge in [0.1, 0.15) is 12.9 Å². The molecule has 3 aliphatic carbocycles. The molecule has 5 unspecified atom stereocenters. The summed E-state index contributed by atoms with van der Waals surface area (Å²) in [6, 6.07) is 9.74. The summed E-state index contributed by atoms with van der Waals surface area (Å²) < 4.78 is 14.7. The second kappa shape index (κ2) is 9.09. The molecule has 8 nitrogen and oxygen atoms in total. The first-order valence-electron chi connectivity index (χ1n) is 12.6. The molecular formula is C25H36BN5O3. The van der Waals surface area contributed by atoms with E-state index < -0.39 is 7.12 Å². The van der Waals surface area contributed by atoms with Crippen molar-refractivity contribution in [3.05, 3.63) is 36.7 Å². The standard InChI is InChI=1S/C25H36BN5O3/c1-24(2)18-13-19(24)25(3)20(14-18)33-26(34-25)21(11-7-8-12-27)29-22(32)15-31-16-28-23(30-31)17-9-5-4-6-10-17/h4-6,9-10,16,18-21H,7-8,11-15,27H2,1-3H3,(H,29,32). The van der Waals surface area contributed by atoms with E-state index in [0.717, 1.165) is 31.2 Å². The van der Waals surface area contributed by atoms with Gasteiger partial charge in [-0.15, -0.1) is 0 Å². The Morgan fingerprint density at radius 1 is 1.26 bits per heavy atom. The number of benzene rings is 1. The lowest BCUT2D eigenvalue weighted by atomic mass is 9.43. The van der Waals surface area contributed by atoms with E-state index >= 15 is 0 Å². The molecule has 5 atom stereocenters. The lowest BCUT2D eigenvalue weighted by Gasteiger charge is -2.64. The van der Waals surface area contributed by atoms with Crippen LogP contribution in [0.4, 0.5) is 0 Å². The molecule has 1 aromatic heterocycles. The van der Waals surface area contributed by atoms with Crippen molar-refractivity contribution < 1.29 is 14.1 Å². The van der Waals surface area contributed by atoms with Gasteiger partial charge in [-0.25, -0.2) is 9.67 Å². The molecule has 4 fully saturated rings. The maximum atomic E-state index is 13.0. The Bertz CT molecular complexity index is 1010. The van der Waals surface area contributed by atoms with Gasteiger partial charge in [-0.2, -0.15) is 5.10 Å². The average Bonchev–Trinajstić information content (AvgIpc) is 3.42. The molecule has 34 heavy (non-hydrogen) atoms. The third-order valence-corrected chi connectivity index (χ3v) is 8.49. The van der Waals surface area contributed by atoms with Crippen LogP contribution >= 0.6 is 0 Å². The Hall–Kier alpha value is -2.23. The van der Waals surface area contributed by atoms with E-state index in [2.05, 4.69) is 36.2 Å². The fraction of sp³-hybridized carbons (Fsp3) is 0.640. The van der Waals surface area contributed by atoms with Crippen LogP contribution in [0.15, 0.2) is 36.7 Å². The molecule has 0 spiro atoms. The van der Waals surface area contributed by atoms with Crippen molar-refractivity contribution in [3.8, 4) is 11.4 Å². The molecule has 182 valence electrons. The molecule has 1 aliphatic heterocycles. The Labute approximate surface area is 202 Å². The van der Waals surface area contributed by atoms with Gasteiger partial charge >= 0.3 is 7.12 Å². The van der Waals surface area contributed by atoms with Crippen molar-refractivity contribution in [2.45, 2.75) is 77.1 Å². The third-order valence-electron chi connectivity index (χ3n) is 8.49. The number of nitrogens with zero attached hydrogens (tertiary/aromatic N) is 3. The number of hydrogen-bond donors (Lipinski definition) is 2. The van der Waals surface area contributed by atoms with E-state index in [9.17, 15) is 4.79 Å². The van der Waals surface area contributed by atoms with Crippen molar-refractivity contribution in [1.29, 1.82) is 0 Å². The first-order valence-corrected chi connectivity index (χ1v) is 12.6. The van der Waals surface area contributed by atoms with Gasteiger partial charge in [0, 0.05) is 5.56 Å². The topological polar surface area (TPSA) is 104 Å². The maximum Gasteiger partial charge on any atom is 0.481 e. The summed E-state index contributed by atoms with van der Waals surface area (Å²) in [5.41, 5.74) is 6.63. The fourth-order valence-electron chi connectivity index (χ4n) is 6.35. The van der Waals surface area contributed by atoms with E-state index in [0.29, 0.717) is 24.2 Å². The van der Waals surface area contributed by atoms with Gasteiger partial charge in [-0.3, -0.25) is 4.79 Å². The first kappa shape index (κ1) is 23.5. The van der Waals surface area contributed by atoms with Gasteiger partial charge in [0.05, 0.1) is 17.6 Å². The monoisotopic (exact) mass is 465 g/mol. The van der Waals surface area contributed by atoms with Crippen LogP contribution in [0.3, 0.4) is 0 Å². The lowest BCUT2D eigenvalue weighted by Crippen LogP contribution is -2.65. The number of hydrogen-bond acceptors (Lipinski definition) is 6. The molecule has 3 saturated carbocycles. The molecule has 2 heterocycles. The largest absolute Gasteiger partial charge is 0.481 e. The molecular weight excluding hydrogens is 429 g/mol. The van der Waals surface area contributed by atoms with Crippen LogP contribution in [0.25, 0.3) is 11.4 Å². The average molecular weight is 465 g/mol. The third kappa shape index (κ3) is 4.18. The van der Waals surface area contributed by atoms with Crippen molar-refractivity contribution in [3.63, 3.8) is 0 Å². The predicted octanol–water partition coefficient (Wildman–Crippen LogP) is 2.83. The van der Waals surface area contributed by atoms with Gasteiger partial charge in [0.25, 0.3) is 0 Å². The van der Waals surface area contributed by atoms with E-state index in [-0.39, 0.29) is 35.5 Å². The summed E-state index contributed by atoms with van der Waals surface area (Å²) in [6.45, 7) is 7.64. The van der Waals surface area contributed by atoms with Crippen LogP contribution in [0.2, 0.25) is 0 Å². The molecule has 3 N–H and O–H groups in total. The van der Waals surface area contributed by atoms with Gasteiger partial charge in [0.2, 0.25) is 5.91 Å². The van der Waals surface area contributed by atoms with Crippen LogP contribution in [0, 0.1) is 17.3 Å². The second-order valence-electron chi connectivity index (χ2n) is 10.9. The summed E-state index contributed by atoms with van der Waals surface area (Å²) in [4.78, 5) is 17.3. The summed E-state index contributed by atoms with van der Waals surface area (Å²) in [5, 5.41) is 7.64. The van der Waals surface area contributed by atoms with Crippen LogP contribution in [0.1, 0.15) is 52.9 Å². The molecule has 1 saturated heterocycles. The highest BCUT2D eigenvalue weighted by Crippen LogP contribution is 2.65. The molecule has 1 amide bonds. The molecule has 6 rings (SSSR count). The number of carbonyl (C=O) groups is 1. The highest BCUT2D eigenvalue weighted by Gasteiger charge is 2.68. The number of rotatable bonds is 9. The number of nitrogens with one attached hydrogen (secondary N) is 1. The number of carbonyl (C=O) groups excluding carboxylic acids is 1. The Morgan fingerprint density at radius 2 is 2.06 bits per heavy atom. The van der Waals surface area contributed by atoms with E-state index in [1.165, 1.54) is 6.42 Å². The summed E-state index contributed by atoms with van der Waals surface area (Å²) >= 11 is 0. The quantitative estimate of drug-likeness (QED) is 0.436. The van der Waals surface area contributed by atoms with Crippen molar-refractivity contribution in [1.82, 2.24) is 20.1 Å². The van der Waals surface area contributed by atoms with Crippen molar-refractivity contribution in [2.75, 3.05) is 6.54 Å². The zero-order valence-corrected chi connectivity index (χ0v) is 20.4. The predicted molar refractivity (Wildman–Crippen MR) is 130 cm³/mol. The lowest BCUT2D eigenvalue weighted by molar-refractivity contribution is -0.199. The maximum absolute atomic E-state index is 13.0. The van der Waals surface area contributed by atoms with Gasteiger partial charge in [0.15, 0.2) is 5.82 Å². The smallest absolute Gasteiger partial charge is 0.404 e. The van der Waals surface area contributed by atoms with Crippen LogP contribution in [-0.2, 0) is 20.6 Å². The Morgan fingerprint density at radius 3 is 2.79 bits per heavy atom. The Kier molecular flexibility index (Phi) is 6.29. The van der Waals surface area contributed by atoms with E-state index in [1.54, 1.807) is 11.0 Å². The fourth-order valence-corrected chi connectivity index (χ4v) is 6.35. The highest BCUT2D eigenvalue weighted by atomic mass is 16.7. The summed E-state index contributed by atoms with van der Waals surface area (Å²) in [6.07, 6.45) is 6.50. The molecule has 9 heteroatoms. The zero-order chi connectivity index (χ0) is 23.9. The number of amides is 1. The van der Waals surface area contributed by atoms with Gasteiger partial charge < -0.3 is 20.4 Å². The van der Waals surface area contributed by atoms with Crippen molar-refractivity contribution >= 4 is 13.0 Å². The number of nitrogens with two attached hydrogens (primary N) is 1. The van der Waals surface area contributed by atoms with E-state index in [1.807, 2.05) is 30.3 Å². The van der Waals surface area contributed by atoms with Gasteiger partial charge in [-0.1, -0.05) is 50.6 Å². The van der Waals surface area contributed by atoms with Crippen LogP contribution in [0.5, 0.6) is 0 Å². The van der Waals surface area contributed by atoms with E-state index in [4.69, 9.17) is 15.0 Å². The normalized spacial score (nSPS) is 29.9. The minimum atomic E-state index is -0.442. The molecule has 2 aromatic rings. The summed E-state index contributed by atoms with van der Waals surface area (Å²) in [5.74, 6) is 1.43. The minimum absolute atomic E-state index is 0.0898. The molecule has 1 aromatic carbocycles. The molecule has 4 aliphatic rings. The van der Waals surface area contributed by atoms with Crippen LogP contribution < -0.4 is 11.1 Å². The number of aromatic nitrogens is 3. The minimum Gasteiger partial charge on any atom is -0.404 e.